The van der Waals surface area contributed by atoms with Crippen molar-refractivity contribution in [2.75, 3.05) is 0 Å². The molecule has 0 bridgehead atoms. The summed E-state index contributed by atoms with van der Waals surface area (Å²) in [5, 5.41) is 16.9. The monoisotopic (exact) mass is 275 g/mol. The maximum atomic E-state index is 10.3. The van der Waals surface area contributed by atoms with Crippen molar-refractivity contribution in [3.05, 3.63) is 59.7 Å². The molecule has 2 rings (SSSR count). The van der Waals surface area contributed by atoms with Crippen LogP contribution in [-0.2, 0) is 6.54 Å². The minimum atomic E-state index is -1.19. The quantitative estimate of drug-likeness (QED) is 0.763. The predicted molar refractivity (Wildman–Crippen MR) is 70.3 cm³/mol. The lowest BCUT2D eigenvalue weighted by molar-refractivity contribution is 0.0696. The minimum Gasteiger partial charge on any atom is -0.478 e. The van der Waals surface area contributed by atoms with Crippen LogP contribution in [0.3, 0.4) is 0 Å². The van der Waals surface area contributed by atoms with Gasteiger partial charge in [0.25, 0.3) is 0 Å². The van der Waals surface area contributed by atoms with E-state index in [9.17, 15) is 9.59 Å². The number of aromatic nitrogens is 2. The molecule has 2 heterocycles. The zero-order valence-electron chi connectivity index (χ0n) is 10.4. The number of nitrogens with two attached hydrogens (primary N) is 1. The Hall–Kier alpha value is -2.80. The first kappa shape index (κ1) is 15.3. The molecule has 0 aliphatic rings. The van der Waals surface area contributed by atoms with Crippen molar-refractivity contribution in [3.63, 3.8) is 0 Å². The van der Waals surface area contributed by atoms with Gasteiger partial charge in [-0.05, 0) is 17.7 Å². The Balaban J connectivity index is 0.000000217. The Morgan fingerprint density at radius 2 is 1.65 bits per heavy atom. The van der Waals surface area contributed by atoms with Crippen molar-refractivity contribution < 1.29 is 19.8 Å². The van der Waals surface area contributed by atoms with Crippen molar-refractivity contribution in [2.45, 2.75) is 6.54 Å². The second-order valence-electron chi connectivity index (χ2n) is 3.64. The topological polar surface area (TPSA) is 126 Å². The molecule has 0 radical (unpaired) electrons. The molecular weight excluding hydrogens is 262 g/mol. The molecule has 0 saturated heterocycles. The third-order valence-corrected chi connectivity index (χ3v) is 2.19. The number of hydrogen-bond acceptors (Lipinski definition) is 5. The van der Waals surface area contributed by atoms with Gasteiger partial charge in [0.15, 0.2) is 0 Å². The minimum absolute atomic E-state index is 0.130. The number of carboxylic acids is 2. The fourth-order valence-corrected chi connectivity index (χ4v) is 1.19. The highest BCUT2D eigenvalue weighted by Gasteiger charge is 2.07. The lowest BCUT2D eigenvalue weighted by Crippen LogP contribution is -2.02. The Morgan fingerprint density at radius 1 is 1.05 bits per heavy atom. The van der Waals surface area contributed by atoms with Crippen LogP contribution < -0.4 is 5.73 Å². The average Bonchev–Trinajstić information content (AvgIpc) is 2.49. The zero-order valence-corrected chi connectivity index (χ0v) is 10.4. The highest BCUT2D eigenvalue weighted by atomic mass is 16.4. The summed E-state index contributed by atoms with van der Waals surface area (Å²) in [6.45, 7) is 0.577. The normalized spacial score (nSPS) is 9.25. The van der Waals surface area contributed by atoms with Crippen LogP contribution in [0.2, 0.25) is 0 Å². The van der Waals surface area contributed by atoms with Crippen LogP contribution in [0.25, 0.3) is 0 Å². The summed E-state index contributed by atoms with van der Waals surface area (Å²) in [5.74, 6) is -2.38. The highest BCUT2D eigenvalue weighted by Crippen LogP contribution is 2.02. The van der Waals surface area contributed by atoms with Gasteiger partial charge in [-0.1, -0.05) is 6.07 Å². The summed E-state index contributed by atoms with van der Waals surface area (Å²) in [6, 6.07) is 4.88. The molecule has 20 heavy (non-hydrogen) atoms. The first-order valence-corrected chi connectivity index (χ1v) is 5.55. The SMILES string of the molecule is NCc1cccnc1.O=C(O)c1cncc(C(=O)O)c1. The third kappa shape index (κ3) is 4.83. The molecule has 0 saturated carbocycles. The van der Waals surface area contributed by atoms with Crippen LogP contribution in [0.15, 0.2) is 43.0 Å². The van der Waals surface area contributed by atoms with Crippen molar-refractivity contribution in [1.82, 2.24) is 9.97 Å². The van der Waals surface area contributed by atoms with Crippen LogP contribution in [0.5, 0.6) is 0 Å². The van der Waals surface area contributed by atoms with Crippen LogP contribution in [0, 0.1) is 0 Å². The maximum Gasteiger partial charge on any atom is 0.337 e. The molecular formula is C13H13N3O4. The Morgan fingerprint density at radius 3 is 2.00 bits per heavy atom. The second-order valence-corrected chi connectivity index (χ2v) is 3.64. The number of nitrogens with zero attached hydrogens (tertiary/aromatic N) is 2. The van der Waals surface area contributed by atoms with Gasteiger partial charge in [-0.25, -0.2) is 9.59 Å². The summed E-state index contributed by atoms with van der Waals surface area (Å²) in [6.07, 6.45) is 5.68. The van der Waals surface area contributed by atoms with Gasteiger partial charge in [0.2, 0.25) is 0 Å². The molecule has 0 atom stereocenters. The number of carbonyl (C=O) groups is 2. The Kier molecular flexibility index (Phi) is 5.79. The molecule has 0 aliphatic heterocycles. The number of hydrogen-bond donors (Lipinski definition) is 3. The molecule has 104 valence electrons. The van der Waals surface area contributed by atoms with Gasteiger partial charge in [0.1, 0.15) is 0 Å². The summed E-state index contributed by atoms with van der Waals surface area (Å²) in [4.78, 5) is 28.0. The molecule has 0 fully saturated rings. The second kappa shape index (κ2) is 7.59. The van der Waals surface area contributed by atoms with Gasteiger partial charge < -0.3 is 15.9 Å². The first-order chi connectivity index (χ1) is 9.54. The van der Waals surface area contributed by atoms with E-state index in [2.05, 4.69) is 9.97 Å². The van der Waals surface area contributed by atoms with Gasteiger partial charge >= 0.3 is 11.9 Å². The van der Waals surface area contributed by atoms with E-state index in [4.69, 9.17) is 15.9 Å². The van der Waals surface area contributed by atoms with Crippen molar-refractivity contribution >= 4 is 11.9 Å². The lowest BCUT2D eigenvalue weighted by atomic mass is 10.2. The Bertz CT molecular complexity index is 558. The van der Waals surface area contributed by atoms with Crippen molar-refractivity contribution in [3.8, 4) is 0 Å². The van der Waals surface area contributed by atoms with Gasteiger partial charge in [-0.15, -0.1) is 0 Å². The van der Waals surface area contributed by atoms with Crippen molar-refractivity contribution in [1.29, 1.82) is 0 Å². The first-order valence-electron chi connectivity index (χ1n) is 5.55. The van der Waals surface area contributed by atoms with E-state index in [1.807, 2.05) is 12.1 Å². The van der Waals surface area contributed by atoms with Crippen LogP contribution in [0.1, 0.15) is 26.3 Å². The molecule has 7 nitrogen and oxygen atoms in total. The van der Waals surface area contributed by atoms with Gasteiger partial charge in [0, 0.05) is 31.3 Å². The van der Waals surface area contributed by atoms with E-state index in [1.54, 1.807) is 12.4 Å². The summed E-state index contributed by atoms with van der Waals surface area (Å²) >= 11 is 0. The molecule has 0 amide bonds. The molecule has 2 aromatic heterocycles. The fourth-order valence-electron chi connectivity index (χ4n) is 1.19. The molecule has 7 heteroatoms. The highest BCUT2D eigenvalue weighted by molar-refractivity contribution is 5.92. The Labute approximate surface area is 114 Å². The van der Waals surface area contributed by atoms with Crippen LogP contribution in [-0.4, -0.2) is 32.1 Å². The molecule has 4 N–H and O–H groups in total. The number of rotatable bonds is 3. The van der Waals surface area contributed by atoms with Gasteiger partial charge in [-0.3, -0.25) is 9.97 Å². The predicted octanol–water partition coefficient (Wildman–Crippen LogP) is 1.02. The van der Waals surface area contributed by atoms with Crippen LogP contribution >= 0.6 is 0 Å². The van der Waals surface area contributed by atoms with E-state index in [0.717, 1.165) is 24.0 Å². The maximum absolute atomic E-state index is 10.3. The largest absolute Gasteiger partial charge is 0.478 e. The smallest absolute Gasteiger partial charge is 0.337 e. The molecule has 0 unspecified atom stereocenters. The summed E-state index contributed by atoms with van der Waals surface area (Å²) < 4.78 is 0. The van der Waals surface area contributed by atoms with E-state index < -0.39 is 11.9 Å². The number of aromatic carboxylic acids is 2. The van der Waals surface area contributed by atoms with Crippen LogP contribution in [0.4, 0.5) is 0 Å². The molecule has 0 aromatic carbocycles. The van der Waals surface area contributed by atoms with E-state index >= 15 is 0 Å². The van der Waals surface area contributed by atoms with Gasteiger partial charge in [0.05, 0.1) is 11.1 Å². The fraction of sp³-hybridized carbons (Fsp3) is 0.0769. The molecule has 0 aliphatic carbocycles. The molecule has 2 aromatic rings. The summed E-state index contributed by atoms with van der Waals surface area (Å²) in [7, 11) is 0. The summed E-state index contributed by atoms with van der Waals surface area (Å²) in [5.41, 5.74) is 6.13. The number of pyridine rings is 2. The van der Waals surface area contributed by atoms with E-state index in [-0.39, 0.29) is 11.1 Å². The number of carboxylic acid groups (broad SMARTS) is 2. The lowest BCUT2D eigenvalue weighted by Gasteiger charge is -1.94. The standard InChI is InChI=1S/C7H5NO4.C6H8N2/c9-6(10)4-1-5(7(11)12)3-8-2-4;7-4-6-2-1-3-8-5-6/h1-3H,(H,9,10)(H,11,12);1-3,5H,4,7H2. The average molecular weight is 275 g/mol. The van der Waals surface area contributed by atoms with Gasteiger partial charge in [-0.2, -0.15) is 0 Å². The van der Waals surface area contributed by atoms with Crippen molar-refractivity contribution in [2.24, 2.45) is 5.73 Å². The van der Waals surface area contributed by atoms with E-state index in [1.165, 1.54) is 0 Å². The zero-order chi connectivity index (χ0) is 15.0. The molecule has 0 spiro atoms. The third-order valence-electron chi connectivity index (χ3n) is 2.19. The van der Waals surface area contributed by atoms with E-state index in [0.29, 0.717) is 6.54 Å².